The third kappa shape index (κ3) is 2.39. The van der Waals surface area contributed by atoms with E-state index < -0.39 is 18.1 Å². The molecule has 8 heteroatoms. The van der Waals surface area contributed by atoms with Crippen molar-refractivity contribution in [1.82, 2.24) is 4.90 Å². The first kappa shape index (κ1) is 15.4. The molecular weight excluding hydrogens is 303 g/mol. The Hall–Kier alpha value is -1.96. The molecule has 1 aromatic rings. The topological polar surface area (TPSA) is 58.4 Å². The van der Waals surface area contributed by atoms with E-state index in [1.165, 1.54) is 0 Å². The van der Waals surface area contributed by atoms with Crippen LogP contribution in [-0.4, -0.2) is 23.0 Å². The van der Waals surface area contributed by atoms with Gasteiger partial charge >= 0.3 is 6.18 Å². The van der Waals surface area contributed by atoms with Crippen LogP contribution < -0.4 is 11.1 Å². The van der Waals surface area contributed by atoms with Gasteiger partial charge in [0.15, 0.2) is 0 Å². The van der Waals surface area contributed by atoms with Gasteiger partial charge in [-0.15, -0.1) is 11.3 Å². The SMILES string of the molecule is C=C1Nc2sc(C(N)=O)c(C)c2C(=C)N1C(C)C(F)(F)F. The van der Waals surface area contributed by atoms with Gasteiger partial charge in [0, 0.05) is 11.3 Å². The average Bonchev–Trinajstić information content (AvgIpc) is 2.65. The fourth-order valence-corrected chi connectivity index (χ4v) is 3.37. The summed E-state index contributed by atoms with van der Waals surface area (Å²) in [6.45, 7) is 10.0. The minimum atomic E-state index is -4.43. The van der Waals surface area contributed by atoms with Gasteiger partial charge in [0.2, 0.25) is 0 Å². The molecule has 114 valence electrons. The van der Waals surface area contributed by atoms with E-state index in [-0.39, 0.29) is 11.5 Å². The van der Waals surface area contributed by atoms with Crippen LogP contribution in [0.1, 0.15) is 27.7 Å². The molecule has 0 spiro atoms. The molecule has 1 amide bonds. The number of carbonyl (C=O) groups excluding carboxylic acids is 1. The van der Waals surface area contributed by atoms with Crippen molar-refractivity contribution in [2.75, 3.05) is 5.32 Å². The van der Waals surface area contributed by atoms with Gasteiger partial charge < -0.3 is 16.0 Å². The van der Waals surface area contributed by atoms with E-state index in [9.17, 15) is 18.0 Å². The second kappa shape index (κ2) is 4.80. The summed E-state index contributed by atoms with van der Waals surface area (Å²) in [6.07, 6.45) is -4.43. The van der Waals surface area contributed by atoms with Crippen LogP contribution in [0.4, 0.5) is 18.2 Å². The second-order valence-corrected chi connectivity index (χ2v) is 5.75. The lowest BCUT2D eigenvalue weighted by molar-refractivity contribution is -0.166. The zero-order chi connectivity index (χ0) is 16.1. The van der Waals surface area contributed by atoms with E-state index in [0.717, 1.165) is 23.2 Å². The fourth-order valence-electron chi connectivity index (χ4n) is 2.27. The van der Waals surface area contributed by atoms with E-state index in [1.807, 2.05) is 0 Å². The van der Waals surface area contributed by atoms with Crippen molar-refractivity contribution < 1.29 is 18.0 Å². The Morgan fingerprint density at radius 3 is 2.48 bits per heavy atom. The highest BCUT2D eigenvalue weighted by atomic mass is 32.1. The lowest BCUT2D eigenvalue weighted by atomic mass is 10.0. The van der Waals surface area contributed by atoms with E-state index in [4.69, 9.17) is 5.73 Å². The van der Waals surface area contributed by atoms with Crippen molar-refractivity contribution in [3.8, 4) is 0 Å². The summed E-state index contributed by atoms with van der Waals surface area (Å²) < 4.78 is 38.9. The minimum absolute atomic E-state index is 0.0644. The maximum Gasteiger partial charge on any atom is 0.408 e. The summed E-state index contributed by atoms with van der Waals surface area (Å²) in [5.74, 6) is -0.558. The molecule has 1 aliphatic heterocycles. The Bertz CT molecular complexity index is 648. The zero-order valence-electron chi connectivity index (χ0n) is 11.5. The van der Waals surface area contributed by atoms with Gasteiger partial charge in [-0.05, 0) is 19.4 Å². The van der Waals surface area contributed by atoms with Gasteiger partial charge in [-0.25, -0.2) is 0 Å². The molecule has 3 N–H and O–H groups in total. The Balaban J connectivity index is 2.52. The normalized spacial score (nSPS) is 16.5. The van der Waals surface area contributed by atoms with E-state index in [2.05, 4.69) is 18.5 Å². The number of thiophene rings is 1. The summed E-state index contributed by atoms with van der Waals surface area (Å²) in [7, 11) is 0. The second-order valence-electron chi connectivity index (χ2n) is 4.73. The number of anilines is 1. The molecule has 0 saturated heterocycles. The zero-order valence-corrected chi connectivity index (χ0v) is 12.3. The molecule has 1 unspecified atom stereocenters. The summed E-state index contributed by atoms with van der Waals surface area (Å²) >= 11 is 1.08. The molecule has 0 aliphatic carbocycles. The first-order chi connectivity index (χ1) is 9.55. The summed E-state index contributed by atoms with van der Waals surface area (Å²) in [5, 5.41) is 3.32. The highest BCUT2D eigenvalue weighted by Gasteiger charge is 2.44. The first-order valence-electron chi connectivity index (χ1n) is 6.00. The van der Waals surface area contributed by atoms with Crippen LogP contribution in [0.15, 0.2) is 19.0 Å². The van der Waals surface area contributed by atoms with E-state index in [0.29, 0.717) is 21.0 Å². The Kier molecular flexibility index (Phi) is 3.53. The van der Waals surface area contributed by atoms with Crippen molar-refractivity contribution >= 4 is 27.9 Å². The molecule has 0 radical (unpaired) electrons. The van der Waals surface area contributed by atoms with E-state index in [1.54, 1.807) is 6.92 Å². The maximum atomic E-state index is 13.0. The number of nitrogens with zero attached hydrogens (tertiary/aromatic N) is 1. The molecule has 2 rings (SSSR count). The van der Waals surface area contributed by atoms with Crippen molar-refractivity contribution in [2.45, 2.75) is 26.1 Å². The number of hydrogen-bond acceptors (Lipinski definition) is 4. The van der Waals surface area contributed by atoms with Crippen molar-refractivity contribution in [2.24, 2.45) is 5.73 Å². The molecule has 1 aliphatic rings. The van der Waals surface area contributed by atoms with Gasteiger partial charge in [-0.1, -0.05) is 13.2 Å². The number of hydrogen-bond donors (Lipinski definition) is 2. The van der Waals surface area contributed by atoms with Gasteiger partial charge in [0.1, 0.15) is 16.9 Å². The average molecular weight is 317 g/mol. The molecule has 0 saturated carbocycles. The van der Waals surface area contributed by atoms with Gasteiger partial charge in [-0.2, -0.15) is 13.2 Å². The van der Waals surface area contributed by atoms with Gasteiger partial charge in [0.05, 0.1) is 4.88 Å². The monoisotopic (exact) mass is 317 g/mol. The Morgan fingerprint density at radius 1 is 1.43 bits per heavy atom. The van der Waals surface area contributed by atoms with Crippen LogP contribution in [0.2, 0.25) is 0 Å². The van der Waals surface area contributed by atoms with Crippen LogP contribution in [0.25, 0.3) is 5.70 Å². The molecule has 0 aromatic carbocycles. The highest BCUT2D eigenvalue weighted by molar-refractivity contribution is 7.18. The number of alkyl halides is 3. The summed E-state index contributed by atoms with van der Waals surface area (Å²) in [5.41, 5.74) is 6.41. The van der Waals surface area contributed by atoms with Gasteiger partial charge in [-0.3, -0.25) is 4.79 Å². The number of fused-ring (bicyclic) bond motifs is 1. The molecule has 4 nitrogen and oxygen atoms in total. The molecule has 21 heavy (non-hydrogen) atoms. The Morgan fingerprint density at radius 2 is 2.00 bits per heavy atom. The van der Waals surface area contributed by atoms with Crippen LogP contribution in [-0.2, 0) is 0 Å². The third-order valence-corrected chi connectivity index (χ3v) is 4.58. The number of amides is 1. The summed E-state index contributed by atoms with van der Waals surface area (Å²) in [4.78, 5) is 12.6. The van der Waals surface area contributed by atoms with E-state index >= 15 is 0 Å². The maximum absolute atomic E-state index is 13.0. The molecule has 0 bridgehead atoms. The van der Waals surface area contributed by atoms with Crippen LogP contribution in [0, 0.1) is 6.92 Å². The minimum Gasteiger partial charge on any atom is -0.365 e. The van der Waals surface area contributed by atoms with Crippen molar-refractivity contribution in [1.29, 1.82) is 0 Å². The molecule has 1 aromatic heterocycles. The highest BCUT2D eigenvalue weighted by Crippen LogP contribution is 2.45. The van der Waals surface area contributed by atoms with Crippen LogP contribution in [0.5, 0.6) is 0 Å². The number of nitrogens with two attached hydrogens (primary N) is 1. The molecule has 1 atom stereocenters. The smallest absolute Gasteiger partial charge is 0.365 e. The van der Waals surface area contributed by atoms with Crippen molar-refractivity contribution in [3.63, 3.8) is 0 Å². The molecular formula is C13H14F3N3OS. The largest absolute Gasteiger partial charge is 0.408 e. The number of rotatable bonds is 2. The molecule has 2 heterocycles. The standard InChI is InChI=1S/C13H14F3N3OS/c1-5-9-6(2)19(7(3)13(14,15)16)8(4)18-12(9)21-10(5)11(17)20/h7,18H,2,4H2,1,3H3,(H2,17,20). The van der Waals surface area contributed by atoms with Crippen LogP contribution in [0.3, 0.4) is 0 Å². The fraction of sp³-hybridized carbons (Fsp3) is 0.308. The predicted octanol–water partition coefficient (Wildman–Crippen LogP) is 3.28. The van der Waals surface area contributed by atoms with Crippen LogP contribution >= 0.6 is 11.3 Å². The number of nitrogens with one attached hydrogen (secondary N) is 1. The number of primary amides is 1. The lowest BCUT2D eigenvalue weighted by Gasteiger charge is -2.38. The quantitative estimate of drug-likeness (QED) is 0.880. The predicted molar refractivity (Wildman–Crippen MR) is 76.7 cm³/mol. The molecule has 0 fully saturated rings. The Labute approximate surface area is 123 Å². The third-order valence-electron chi connectivity index (χ3n) is 3.36. The number of halogens is 3. The summed E-state index contributed by atoms with van der Waals surface area (Å²) in [6, 6.07) is -1.78. The first-order valence-corrected chi connectivity index (χ1v) is 6.81. The van der Waals surface area contributed by atoms with Crippen molar-refractivity contribution in [3.05, 3.63) is 35.0 Å². The van der Waals surface area contributed by atoms with Gasteiger partial charge in [0.25, 0.3) is 5.91 Å². The number of carbonyl (C=O) groups is 1. The lowest BCUT2D eigenvalue weighted by Crippen LogP contribution is -2.44.